The predicted molar refractivity (Wildman–Crippen MR) is 85.3 cm³/mol. The molecule has 1 aliphatic carbocycles. The van der Waals surface area contributed by atoms with Crippen molar-refractivity contribution in [2.24, 2.45) is 5.92 Å². The zero-order chi connectivity index (χ0) is 14.8. The normalized spacial score (nSPS) is 24.2. The Labute approximate surface area is 126 Å². The minimum absolute atomic E-state index is 0.562. The van der Waals surface area contributed by atoms with Gasteiger partial charge in [-0.25, -0.2) is 0 Å². The molecular weight excluding hydrogens is 260 g/mol. The van der Waals surface area contributed by atoms with Gasteiger partial charge < -0.3 is 9.47 Å². The number of rotatable bonds is 4. The van der Waals surface area contributed by atoms with E-state index in [1.165, 1.54) is 17.5 Å². The highest BCUT2D eigenvalue weighted by atomic mass is 16.5. The van der Waals surface area contributed by atoms with Crippen LogP contribution in [-0.4, -0.2) is 14.2 Å². The molecule has 110 valence electrons. The first kappa shape index (κ1) is 14.0. The number of ether oxygens (including phenoxy) is 2. The van der Waals surface area contributed by atoms with Gasteiger partial charge in [0.05, 0.1) is 14.2 Å². The molecule has 0 bridgehead atoms. The number of hydrogen-bond donors (Lipinski definition) is 0. The fourth-order valence-corrected chi connectivity index (χ4v) is 3.56. The van der Waals surface area contributed by atoms with Crippen molar-refractivity contribution in [1.29, 1.82) is 0 Å². The van der Waals surface area contributed by atoms with Crippen LogP contribution in [0.1, 0.15) is 36.3 Å². The average Bonchev–Trinajstić information content (AvgIpc) is 2.53. The molecule has 0 saturated heterocycles. The van der Waals surface area contributed by atoms with Crippen molar-refractivity contribution in [3.63, 3.8) is 0 Å². The van der Waals surface area contributed by atoms with Crippen LogP contribution in [0.25, 0.3) is 0 Å². The van der Waals surface area contributed by atoms with Crippen LogP contribution in [0, 0.1) is 5.92 Å². The van der Waals surface area contributed by atoms with Gasteiger partial charge >= 0.3 is 0 Å². The van der Waals surface area contributed by atoms with Gasteiger partial charge in [-0.05, 0) is 47.4 Å². The highest BCUT2D eigenvalue weighted by Gasteiger charge is 2.40. The van der Waals surface area contributed by atoms with E-state index in [2.05, 4.69) is 49.4 Å². The van der Waals surface area contributed by atoms with Crippen molar-refractivity contribution >= 4 is 0 Å². The first-order chi connectivity index (χ1) is 10.2. The van der Waals surface area contributed by atoms with E-state index < -0.39 is 0 Å². The van der Waals surface area contributed by atoms with E-state index in [1.54, 1.807) is 14.2 Å². The molecule has 2 aromatic carbocycles. The Bertz CT molecular complexity index is 606. The molecule has 0 radical (unpaired) electrons. The topological polar surface area (TPSA) is 18.5 Å². The number of methoxy groups -OCH3 is 2. The molecule has 1 fully saturated rings. The Kier molecular flexibility index (Phi) is 3.87. The molecular formula is C19H22O2. The van der Waals surface area contributed by atoms with Crippen LogP contribution >= 0.6 is 0 Å². The van der Waals surface area contributed by atoms with Crippen LogP contribution in [-0.2, 0) is 0 Å². The second-order valence-electron chi connectivity index (χ2n) is 5.87. The molecule has 21 heavy (non-hydrogen) atoms. The van der Waals surface area contributed by atoms with Gasteiger partial charge in [-0.2, -0.15) is 0 Å². The third-order valence-electron chi connectivity index (χ3n) is 4.69. The fourth-order valence-electron chi connectivity index (χ4n) is 3.56. The van der Waals surface area contributed by atoms with Crippen molar-refractivity contribution < 1.29 is 9.47 Å². The van der Waals surface area contributed by atoms with Gasteiger partial charge in [-0.1, -0.05) is 43.3 Å². The molecule has 0 spiro atoms. The van der Waals surface area contributed by atoms with Crippen molar-refractivity contribution in [1.82, 2.24) is 0 Å². The summed E-state index contributed by atoms with van der Waals surface area (Å²) in [5.74, 6) is 3.49. The summed E-state index contributed by atoms with van der Waals surface area (Å²) in [6.45, 7) is 2.33. The molecule has 0 aliphatic heterocycles. The van der Waals surface area contributed by atoms with Gasteiger partial charge in [-0.15, -0.1) is 0 Å². The van der Waals surface area contributed by atoms with Gasteiger partial charge in [0.25, 0.3) is 0 Å². The van der Waals surface area contributed by atoms with E-state index in [9.17, 15) is 0 Å². The lowest BCUT2D eigenvalue weighted by atomic mass is 9.60. The van der Waals surface area contributed by atoms with Crippen LogP contribution in [0.4, 0.5) is 0 Å². The number of benzene rings is 2. The third kappa shape index (κ3) is 2.51. The molecule has 3 rings (SSSR count). The van der Waals surface area contributed by atoms with Crippen LogP contribution in [0.5, 0.6) is 11.5 Å². The SMILES string of the molecule is COc1ccc(C2C(C)CC2c2ccccc2)cc1OC. The zero-order valence-corrected chi connectivity index (χ0v) is 12.9. The summed E-state index contributed by atoms with van der Waals surface area (Å²) in [6, 6.07) is 17.1. The summed E-state index contributed by atoms with van der Waals surface area (Å²) in [5.41, 5.74) is 2.79. The minimum atomic E-state index is 0.562. The fraction of sp³-hybridized carbons (Fsp3) is 0.368. The maximum absolute atomic E-state index is 5.45. The lowest BCUT2D eigenvalue weighted by molar-refractivity contribution is 0.226. The van der Waals surface area contributed by atoms with Crippen LogP contribution in [0.2, 0.25) is 0 Å². The Morgan fingerprint density at radius 1 is 0.857 bits per heavy atom. The summed E-state index contributed by atoms with van der Waals surface area (Å²) < 4.78 is 10.8. The van der Waals surface area contributed by atoms with E-state index in [0.717, 1.165) is 11.5 Å². The monoisotopic (exact) mass is 282 g/mol. The van der Waals surface area contributed by atoms with Crippen molar-refractivity contribution in [2.75, 3.05) is 14.2 Å². The first-order valence-electron chi connectivity index (χ1n) is 7.51. The molecule has 0 aromatic heterocycles. The lowest BCUT2D eigenvalue weighted by Gasteiger charge is -2.44. The molecule has 0 amide bonds. The average molecular weight is 282 g/mol. The molecule has 2 aromatic rings. The quantitative estimate of drug-likeness (QED) is 0.815. The first-order valence-corrected chi connectivity index (χ1v) is 7.51. The van der Waals surface area contributed by atoms with Gasteiger partial charge in [-0.3, -0.25) is 0 Å². The summed E-state index contributed by atoms with van der Waals surface area (Å²) in [6.07, 6.45) is 1.25. The standard InChI is InChI=1S/C19H22O2/c1-13-11-16(14-7-5-4-6-8-14)19(13)15-9-10-17(20-2)18(12-15)21-3/h4-10,12-13,16,19H,11H2,1-3H3. The summed E-state index contributed by atoms with van der Waals surface area (Å²) in [4.78, 5) is 0. The maximum Gasteiger partial charge on any atom is 0.160 e. The van der Waals surface area contributed by atoms with E-state index in [0.29, 0.717) is 17.8 Å². The van der Waals surface area contributed by atoms with Crippen molar-refractivity contribution in [3.05, 3.63) is 59.7 Å². The zero-order valence-electron chi connectivity index (χ0n) is 12.9. The van der Waals surface area contributed by atoms with Crippen LogP contribution in [0.3, 0.4) is 0 Å². The largest absolute Gasteiger partial charge is 0.493 e. The van der Waals surface area contributed by atoms with Crippen LogP contribution in [0.15, 0.2) is 48.5 Å². The Morgan fingerprint density at radius 3 is 2.19 bits per heavy atom. The van der Waals surface area contributed by atoms with Gasteiger partial charge in [0.15, 0.2) is 11.5 Å². The molecule has 0 heterocycles. The van der Waals surface area contributed by atoms with E-state index in [1.807, 2.05) is 6.07 Å². The highest BCUT2D eigenvalue weighted by molar-refractivity contribution is 5.46. The maximum atomic E-state index is 5.45. The Morgan fingerprint density at radius 2 is 1.57 bits per heavy atom. The molecule has 2 nitrogen and oxygen atoms in total. The summed E-state index contributed by atoms with van der Waals surface area (Å²) in [7, 11) is 3.37. The van der Waals surface area contributed by atoms with E-state index in [4.69, 9.17) is 9.47 Å². The van der Waals surface area contributed by atoms with E-state index >= 15 is 0 Å². The molecule has 0 N–H and O–H groups in total. The predicted octanol–water partition coefficient (Wildman–Crippen LogP) is 4.61. The summed E-state index contributed by atoms with van der Waals surface area (Å²) in [5, 5.41) is 0. The van der Waals surface area contributed by atoms with Crippen molar-refractivity contribution in [2.45, 2.75) is 25.2 Å². The molecule has 1 saturated carbocycles. The second-order valence-corrected chi connectivity index (χ2v) is 5.87. The summed E-state index contributed by atoms with van der Waals surface area (Å²) >= 11 is 0. The lowest BCUT2D eigenvalue weighted by Crippen LogP contribution is -2.30. The molecule has 2 heteroatoms. The molecule has 3 atom stereocenters. The minimum Gasteiger partial charge on any atom is -0.493 e. The van der Waals surface area contributed by atoms with Gasteiger partial charge in [0.2, 0.25) is 0 Å². The van der Waals surface area contributed by atoms with Crippen molar-refractivity contribution in [3.8, 4) is 11.5 Å². The second kappa shape index (κ2) is 5.80. The smallest absolute Gasteiger partial charge is 0.160 e. The molecule has 1 aliphatic rings. The van der Waals surface area contributed by atoms with Gasteiger partial charge in [0, 0.05) is 0 Å². The number of hydrogen-bond acceptors (Lipinski definition) is 2. The highest BCUT2D eigenvalue weighted by Crippen LogP contribution is 2.53. The Balaban J connectivity index is 1.91. The van der Waals surface area contributed by atoms with Crippen LogP contribution < -0.4 is 9.47 Å². The van der Waals surface area contributed by atoms with E-state index in [-0.39, 0.29) is 0 Å². The Hall–Kier alpha value is -1.96. The molecule has 3 unspecified atom stereocenters. The third-order valence-corrected chi connectivity index (χ3v) is 4.69. The van der Waals surface area contributed by atoms with Gasteiger partial charge in [0.1, 0.15) is 0 Å².